The highest BCUT2D eigenvalue weighted by atomic mass is 79.9. The second kappa shape index (κ2) is 5.06. The predicted octanol–water partition coefficient (Wildman–Crippen LogP) is 4.10. The lowest BCUT2D eigenvalue weighted by Crippen LogP contribution is -2.08. The Balaban J connectivity index is 2.10. The number of aromatic nitrogens is 1. The molecule has 98 valence electrons. The van der Waals surface area contributed by atoms with E-state index in [1.807, 2.05) is 18.2 Å². The number of methoxy groups -OCH3 is 1. The lowest BCUT2D eigenvalue weighted by molar-refractivity contribution is 0.0968. The molecule has 2 aromatic rings. The van der Waals surface area contributed by atoms with Crippen molar-refractivity contribution in [3.05, 3.63) is 33.2 Å². The molecule has 0 radical (unpaired) electrons. The van der Waals surface area contributed by atoms with Gasteiger partial charge in [0.1, 0.15) is 16.5 Å². The molecule has 19 heavy (non-hydrogen) atoms. The number of Topliss-reactive ketones (excluding diaryl/α,β-unsaturated/α-hetero) is 1. The average molecular weight is 338 g/mol. The van der Waals surface area contributed by atoms with E-state index >= 15 is 0 Å². The molecular weight excluding hydrogens is 326 g/mol. The van der Waals surface area contributed by atoms with Gasteiger partial charge in [0, 0.05) is 21.3 Å². The van der Waals surface area contributed by atoms with E-state index in [2.05, 4.69) is 20.9 Å². The number of aryl methyl sites for hydroxylation is 1. The first-order valence-electron chi connectivity index (χ1n) is 6.06. The molecule has 1 aromatic heterocycles. The molecular formula is C14H12BrNO2S. The standard InChI is InChI=1S/C14H12BrNO2S/c1-18-8-5-6-10(15)9(7-8)14-16-13-11(17)3-2-4-12(13)19-14/h5-7H,2-4H2,1H3. The summed E-state index contributed by atoms with van der Waals surface area (Å²) in [5, 5.41) is 0.881. The van der Waals surface area contributed by atoms with Crippen LogP contribution in [0.5, 0.6) is 5.75 Å². The number of fused-ring (bicyclic) bond motifs is 1. The number of carbonyl (C=O) groups is 1. The van der Waals surface area contributed by atoms with Gasteiger partial charge < -0.3 is 4.74 Å². The lowest BCUT2D eigenvalue weighted by Gasteiger charge is -2.06. The summed E-state index contributed by atoms with van der Waals surface area (Å²) in [5.41, 5.74) is 1.65. The molecule has 0 atom stereocenters. The van der Waals surface area contributed by atoms with Gasteiger partial charge in [-0.3, -0.25) is 4.79 Å². The van der Waals surface area contributed by atoms with Crippen molar-refractivity contribution in [3.63, 3.8) is 0 Å². The summed E-state index contributed by atoms with van der Waals surface area (Å²) in [6, 6.07) is 5.78. The molecule has 0 amide bonds. The molecule has 1 aliphatic carbocycles. The van der Waals surface area contributed by atoms with Crippen LogP contribution in [0.1, 0.15) is 28.2 Å². The van der Waals surface area contributed by atoms with E-state index in [9.17, 15) is 4.79 Å². The quantitative estimate of drug-likeness (QED) is 0.828. The number of ketones is 1. The number of thiazole rings is 1. The summed E-state index contributed by atoms with van der Waals surface area (Å²) in [4.78, 5) is 17.5. The first kappa shape index (κ1) is 12.8. The van der Waals surface area contributed by atoms with Gasteiger partial charge in [-0.2, -0.15) is 0 Å². The minimum atomic E-state index is 0.169. The molecule has 1 heterocycles. The maximum atomic E-state index is 11.8. The van der Waals surface area contributed by atoms with Crippen molar-refractivity contribution in [3.8, 4) is 16.3 Å². The number of hydrogen-bond donors (Lipinski definition) is 0. The number of rotatable bonds is 2. The van der Waals surface area contributed by atoms with Crippen molar-refractivity contribution in [1.29, 1.82) is 0 Å². The highest BCUT2D eigenvalue weighted by Crippen LogP contribution is 2.37. The lowest BCUT2D eigenvalue weighted by atomic mass is 10.0. The molecule has 3 rings (SSSR count). The summed E-state index contributed by atoms with van der Waals surface area (Å²) >= 11 is 5.14. The fourth-order valence-electron chi connectivity index (χ4n) is 2.18. The van der Waals surface area contributed by atoms with E-state index < -0.39 is 0 Å². The number of hydrogen-bond acceptors (Lipinski definition) is 4. The Bertz CT molecular complexity index is 651. The molecule has 3 nitrogen and oxygen atoms in total. The topological polar surface area (TPSA) is 39.2 Å². The van der Waals surface area contributed by atoms with Crippen LogP contribution in [-0.4, -0.2) is 17.9 Å². The Morgan fingerprint density at radius 2 is 2.21 bits per heavy atom. The Hall–Kier alpha value is -1.20. The second-order valence-corrected chi connectivity index (χ2v) is 6.35. The number of carbonyl (C=O) groups excluding carboxylic acids is 1. The number of nitrogens with zero attached hydrogens (tertiary/aromatic N) is 1. The minimum Gasteiger partial charge on any atom is -0.497 e. The van der Waals surface area contributed by atoms with E-state index in [0.29, 0.717) is 12.1 Å². The predicted molar refractivity (Wildman–Crippen MR) is 79.1 cm³/mol. The van der Waals surface area contributed by atoms with Crippen LogP contribution in [0.15, 0.2) is 22.7 Å². The summed E-state index contributed by atoms with van der Waals surface area (Å²) in [5.74, 6) is 0.959. The molecule has 0 saturated heterocycles. The molecule has 0 bridgehead atoms. The van der Waals surface area contributed by atoms with E-state index in [-0.39, 0.29) is 5.78 Å². The Morgan fingerprint density at radius 1 is 1.37 bits per heavy atom. The van der Waals surface area contributed by atoms with Crippen LogP contribution in [-0.2, 0) is 6.42 Å². The van der Waals surface area contributed by atoms with E-state index in [4.69, 9.17) is 4.74 Å². The van der Waals surface area contributed by atoms with Crippen molar-refractivity contribution < 1.29 is 9.53 Å². The zero-order chi connectivity index (χ0) is 13.4. The normalized spacial score (nSPS) is 14.3. The first-order valence-corrected chi connectivity index (χ1v) is 7.67. The van der Waals surface area contributed by atoms with Crippen molar-refractivity contribution in [2.45, 2.75) is 19.3 Å². The highest BCUT2D eigenvalue weighted by molar-refractivity contribution is 9.10. The zero-order valence-electron chi connectivity index (χ0n) is 10.4. The average Bonchev–Trinajstić information content (AvgIpc) is 2.84. The Kier molecular flexibility index (Phi) is 3.41. The van der Waals surface area contributed by atoms with Gasteiger partial charge >= 0.3 is 0 Å². The molecule has 1 aliphatic rings. The van der Waals surface area contributed by atoms with Crippen LogP contribution in [0.4, 0.5) is 0 Å². The summed E-state index contributed by atoms with van der Waals surface area (Å²) in [7, 11) is 1.64. The van der Waals surface area contributed by atoms with Crippen LogP contribution in [0.25, 0.3) is 10.6 Å². The van der Waals surface area contributed by atoms with Crippen molar-refractivity contribution in [1.82, 2.24) is 4.98 Å². The first-order chi connectivity index (χ1) is 9.19. The molecule has 0 unspecified atom stereocenters. The van der Waals surface area contributed by atoms with Crippen molar-refractivity contribution >= 4 is 33.0 Å². The fourth-order valence-corrected chi connectivity index (χ4v) is 3.89. The Morgan fingerprint density at radius 3 is 2.95 bits per heavy atom. The van der Waals surface area contributed by atoms with Gasteiger partial charge in [-0.25, -0.2) is 4.98 Å². The highest BCUT2D eigenvalue weighted by Gasteiger charge is 2.23. The maximum absolute atomic E-state index is 11.8. The van der Waals surface area contributed by atoms with Crippen LogP contribution in [0, 0.1) is 0 Å². The Labute approximate surface area is 123 Å². The van der Waals surface area contributed by atoms with E-state index in [1.165, 1.54) is 0 Å². The van der Waals surface area contributed by atoms with Gasteiger partial charge in [-0.05, 0) is 31.0 Å². The maximum Gasteiger partial charge on any atom is 0.182 e. The largest absolute Gasteiger partial charge is 0.497 e. The molecule has 0 N–H and O–H groups in total. The van der Waals surface area contributed by atoms with Crippen LogP contribution >= 0.6 is 27.3 Å². The number of halogens is 1. The van der Waals surface area contributed by atoms with Crippen molar-refractivity contribution in [2.75, 3.05) is 7.11 Å². The van der Waals surface area contributed by atoms with Crippen LogP contribution in [0.2, 0.25) is 0 Å². The molecule has 0 aliphatic heterocycles. The van der Waals surface area contributed by atoms with Gasteiger partial charge in [-0.1, -0.05) is 15.9 Å². The third kappa shape index (κ3) is 2.32. The smallest absolute Gasteiger partial charge is 0.182 e. The minimum absolute atomic E-state index is 0.169. The third-order valence-electron chi connectivity index (χ3n) is 3.17. The third-order valence-corrected chi connectivity index (χ3v) is 5.01. The van der Waals surface area contributed by atoms with Gasteiger partial charge in [0.05, 0.1) is 7.11 Å². The van der Waals surface area contributed by atoms with Gasteiger partial charge in [0.25, 0.3) is 0 Å². The fraction of sp³-hybridized carbons (Fsp3) is 0.286. The van der Waals surface area contributed by atoms with Gasteiger partial charge in [0.15, 0.2) is 5.78 Å². The summed E-state index contributed by atoms with van der Waals surface area (Å²) in [6.07, 6.45) is 2.52. The summed E-state index contributed by atoms with van der Waals surface area (Å²) in [6.45, 7) is 0. The molecule has 0 saturated carbocycles. The molecule has 1 aromatic carbocycles. The molecule has 0 spiro atoms. The van der Waals surface area contributed by atoms with Gasteiger partial charge in [-0.15, -0.1) is 11.3 Å². The second-order valence-electron chi connectivity index (χ2n) is 4.41. The van der Waals surface area contributed by atoms with Gasteiger partial charge in [0.2, 0.25) is 0 Å². The van der Waals surface area contributed by atoms with E-state index in [1.54, 1.807) is 18.4 Å². The zero-order valence-corrected chi connectivity index (χ0v) is 12.8. The van der Waals surface area contributed by atoms with Crippen molar-refractivity contribution in [2.24, 2.45) is 0 Å². The van der Waals surface area contributed by atoms with Crippen LogP contribution in [0.3, 0.4) is 0 Å². The monoisotopic (exact) mass is 337 g/mol. The number of benzene rings is 1. The summed E-state index contributed by atoms with van der Waals surface area (Å²) < 4.78 is 6.21. The number of ether oxygens (including phenoxy) is 1. The molecule has 5 heteroatoms. The van der Waals surface area contributed by atoms with Crippen LogP contribution < -0.4 is 4.74 Å². The van der Waals surface area contributed by atoms with E-state index in [0.717, 1.165) is 38.5 Å². The molecule has 0 fully saturated rings. The SMILES string of the molecule is COc1ccc(Br)c(-c2nc3c(s2)CCCC3=O)c1.